The summed E-state index contributed by atoms with van der Waals surface area (Å²) < 4.78 is 7.58. The van der Waals surface area contributed by atoms with Gasteiger partial charge in [0.2, 0.25) is 5.16 Å². The highest BCUT2D eigenvalue weighted by atomic mass is 32.2. The van der Waals surface area contributed by atoms with Gasteiger partial charge >= 0.3 is 0 Å². The molecule has 21 heavy (non-hydrogen) atoms. The van der Waals surface area contributed by atoms with E-state index in [-0.39, 0.29) is 0 Å². The van der Waals surface area contributed by atoms with Gasteiger partial charge in [-0.2, -0.15) is 0 Å². The van der Waals surface area contributed by atoms with E-state index in [0.29, 0.717) is 18.0 Å². The molecule has 118 valence electrons. The third-order valence-electron chi connectivity index (χ3n) is 4.53. The SMILES string of the molecule is CCNC(CSc1nnnn1C1CCCC1)C1CCOC1. The molecule has 1 N–H and O–H groups in total. The summed E-state index contributed by atoms with van der Waals surface area (Å²) in [4.78, 5) is 0. The van der Waals surface area contributed by atoms with Crippen LogP contribution in [0.25, 0.3) is 0 Å². The maximum Gasteiger partial charge on any atom is 0.209 e. The van der Waals surface area contributed by atoms with Crippen molar-refractivity contribution in [1.29, 1.82) is 0 Å². The average Bonchev–Trinajstić information content (AvgIpc) is 3.24. The van der Waals surface area contributed by atoms with Crippen molar-refractivity contribution >= 4 is 11.8 Å². The zero-order chi connectivity index (χ0) is 14.5. The second-order valence-electron chi connectivity index (χ2n) is 5.94. The van der Waals surface area contributed by atoms with Gasteiger partial charge in [-0.15, -0.1) is 5.10 Å². The average molecular weight is 311 g/mol. The Labute approximate surface area is 130 Å². The minimum Gasteiger partial charge on any atom is -0.381 e. The van der Waals surface area contributed by atoms with Crippen LogP contribution in [0.3, 0.4) is 0 Å². The minimum absolute atomic E-state index is 0.483. The van der Waals surface area contributed by atoms with E-state index in [1.165, 1.54) is 25.7 Å². The standard InChI is InChI=1S/C14H25N5OS/c1-2-15-13(11-7-8-20-9-11)10-21-14-16-17-18-19(14)12-5-3-4-6-12/h11-13,15H,2-10H2,1H3. The Morgan fingerprint density at radius 2 is 2.24 bits per heavy atom. The van der Waals surface area contributed by atoms with Crippen molar-refractivity contribution < 1.29 is 4.74 Å². The lowest BCUT2D eigenvalue weighted by Crippen LogP contribution is -2.38. The van der Waals surface area contributed by atoms with Crippen molar-refractivity contribution in [2.45, 2.75) is 56.3 Å². The topological polar surface area (TPSA) is 64.9 Å². The third-order valence-corrected chi connectivity index (χ3v) is 5.58. The molecule has 1 aliphatic carbocycles. The molecule has 1 aromatic rings. The number of ether oxygens (including phenoxy) is 1. The van der Waals surface area contributed by atoms with Gasteiger partial charge < -0.3 is 10.1 Å². The van der Waals surface area contributed by atoms with Crippen LogP contribution in [-0.4, -0.2) is 51.8 Å². The zero-order valence-corrected chi connectivity index (χ0v) is 13.5. The molecule has 6 nitrogen and oxygen atoms in total. The maximum atomic E-state index is 5.53. The van der Waals surface area contributed by atoms with Crippen LogP contribution >= 0.6 is 11.8 Å². The van der Waals surface area contributed by atoms with E-state index in [4.69, 9.17) is 4.74 Å². The van der Waals surface area contributed by atoms with Crippen molar-refractivity contribution in [3.05, 3.63) is 0 Å². The highest BCUT2D eigenvalue weighted by molar-refractivity contribution is 7.99. The van der Waals surface area contributed by atoms with Crippen LogP contribution in [0.1, 0.15) is 45.1 Å². The van der Waals surface area contributed by atoms with Gasteiger partial charge in [0.25, 0.3) is 0 Å². The molecule has 1 aliphatic heterocycles. The van der Waals surface area contributed by atoms with Gasteiger partial charge in [-0.05, 0) is 36.2 Å². The zero-order valence-electron chi connectivity index (χ0n) is 12.7. The van der Waals surface area contributed by atoms with Crippen LogP contribution in [0.5, 0.6) is 0 Å². The normalized spacial score (nSPS) is 24.7. The molecule has 1 saturated heterocycles. The molecule has 3 rings (SSSR count). The van der Waals surface area contributed by atoms with Crippen molar-refractivity contribution in [3.8, 4) is 0 Å². The van der Waals surface area contributed by atoms with Gasteiger partial charge in [-0.25, -0.2) is 4.68 Å². The second-order valence-corrected chi connectivity index (χ2v) is 6.93. The smallest absolute Gasteiger partial charge is 0.209 e. The van der Waals surface area contributed by atoms with Crippen LogP contribution in [0.4, 0.5) is 0 Å². The summed E-state index contributed by atoms with van der Waals surface area (Å²) >= 11 is 1.78. The van der Waals surface area contributed by atoms with Gasteiger partial charge in [0, 0.05) is 24.3 Å². The number of nitrogens with one attached hydrogen (secondary N) is 1. The fraction of sp³-hybridized carbons (Fsp3) is 0.929. The van der Waals surface area contributed by atoms with Crippen LogP contribution in [0.15, 0.2) is 5.16 Å². The van der Waals surface area contributed by atoms with Crippen molar-refractivity contribution in [2.24, 2.45) is 5.92 Å². The summed E-state index contributed by atoms with van der Waals surface area (Å²) in [6, 6.07) is 0.992. The van der Waals surface area contributed by atoms with Gasteiger partial charge in [-0.3, -0.25) is 0 Å². The predicted molar refractivity (Wildman–Crippen MR) is 82.4 cm³/mol. The molecule has 2 atom stereocenters. The molecule has 2 aliphatic rings. The molecule has 0 bridgehead atoms. The first-order valence-corrected chi connectivity index (χ1v) is 9.09. The lowest BCUT2D eigenvalue weighted by Gasteiger charge is -2.22. The molecule has 2 unspecified atom stereocenters. The molecule has 2 fully saturated rings. The molecule has 0 spiro atoms. The number of hydrogen-bond donors (Lipinski definition) is 1. The summed E-state index contributed by atoms with van der Waals surface area (Å²) in [5, 5.41) is 16.9. The van der Waals surface area contributed by atoms with E-state index in [1.54, 1.807) is 11.8 Å². The fourth-order valence-electron chi connectivity index (χ4n) is 3.32. The summed E-state index contributed by atoms with van der Waals surface area (Å²) in [5.74, 6) is 1.63. The Morgan fingerprint density at radius 3 is 2.95 bits per heavy atom. The number of rotatable bonds is 7. The number of aromatic nitrogens is 4. The Morgan fingerprint density at radius 1 is 1.38 bits per heavy atom. The molecular formula is C14H25N5OS. The third kappa shape index (κ3) is 3.76. The van der Waals surface area contributed by atoms with Gasteiger partial charge in [-0.1, -0.05) is 31.5 Å². The molecule has 1 saturated carbocycles. The largest absolute Gasteiger partial charge is 0.381 e. The number of thioether (sulfide) groups is 1. The van der Waals surface area contributed by atoms with Crippen LogP contribution < -0.4 is 5.32 Å². The number of tetrazole rings is 1. The first-order chi connectivity index (χ1) is 10.4. The quantitative estimate of drug-likeness (QED) is 0.776. The number of hydrogen-bond acceptors (Lipinski definition) is 6. The monoisotopic (exact) mass is 311 g/mol. The lowest BCUT2D eigenvalue weighted by atomic mass is 10.0. The van der Waals surface area contributed by atoms with E-state index in [2.05, 4.69) is 27.8 Å². The van der Waals surface area contributed by atoms with Crippen molar-refractivity contribution in [3.63, 3.8) is 0 Å². The maximum absolute atomic E-state index is 5.53. The van der Waals surface area contributed by atoms with E-state index >= 15 is 0 Å². The summed E-state index contributed by atoms with van der Waals surface area (Å²) in [6.07, 6.45) is 6.19. The Balaban J connectivity index is 1.59. The van der Waals surface area contributed by atoms with Gasteiger partial charge in [0.05, 0.1) is 12.6 Å². The second kappa shape index (κ2) is 7.56. The molecular weight excluding hydrogens is 286 g/mol. The first-order valence-electron chi connectivity index (χ1n) is 8.10. The van der Waals surface area contributed by atoms with E-state index in [9.17, 15) is 0 Å². The molecule has 0 radical (unpaired) electrons. The number of nitrogens with zero attached hydrogens (tertiary/aromatic N) is 4. The molecule has 2 heterocycles. The summed E-state index contributed by atoms with van der Waals surface area (Å²) in [6.45, 7) is 4.94. The van der Waals surface area contributed by atoms with E-state index < -0.39 is 0 Å². The molecule has 1 aromatic heterocycles. The molecule has 7 heteroatoms. The van der Waals surface area contributed by atoms with Crippen LogP contribution in [0, 0.1) is 5.92 Å². The van der Waals surface area contributed by atoms with Crippen LogP contribution in [-0.2, 0) is 4.74 Å². The van der Waals surface area contributed by atoms with Crippen molar-refractivity contribution in [2.75, 3.05) is 25.5 Å². The first kappa shape index (κ1) is 15.2. The highest BCUT2D eigenvalue weighted by Gasteiger charge is 2.27. The predicted octanol–water partition coefficient (Wildman–Crippen LogP) is 1.89. The van der Waals surface area contributed by atoms with Gasteiger partial charge in [0.15, 0.2) is 0 Å². The Hall–Kier alpha value is -0.660. The highest BCUT2D eigenvalue weighted by Crippen LogP contribution is 2.32. The molecule has 0 aromatic carbocycles. The van der Waals surface area contributed by atoms with Crippen molar-refractivity contribution in [1.82, 2.24) is 25.5 Å². The van der Waals surface area contributed by atoms with Gasteiger partial charge in [0.1, 0.15) is 0 Å². The lowest BCUT2D eigenvalue weighted by molar-refractivity contribution is 0.179. The van der Waals surface area contributed by atoms with Crippen LogP contribution in [0.2, 0.25) is 0 Å². The van der Waals surface area contributed by atoms with E-state index in [0.717, 1.165) is 37.1 Å². The molecule has 0 amide bonds. The summed E-state index contributed by atoms with van der Waals surface area (Å²) in [5.41, 5.74) is 0. The Bertz CT molecular complexity index is 429. The van der Waals surface area contributed by atoms with E-state index in [1.807, 2.05) is 4.68 Å². The fourth-order valence-corrected chi connectivity index (χ4v) is 4.45. The minimum atomic E-state index is 0.483. The Kier molecular flexibility index (Phi) is 5.49. The summed E-state index contributed by atoms with van der Waals surface area (Å²) in [7, 11) is 0.